The molecule has 0 unspecified atom stereocenters. The maximum Gasteiger partial charge on any atom is 0.418 e. The molecule has 0 saturated heterocycles. The second-order valence-corrected chi connectivity index (χ2v) is 9.24. The largest absolute Gasteiger partial charge is 0.490 e. The number of anilines is 2. The molecule has 0 saturated carbocycles. The summed E-state index contributed by atoms with van der Waals surface area (Å²) in [4.78, 5) is 13.6. The zero-order valence-corrected chi connectivity index (χ0v) is 18.8. The number of rotatable bonds is 7. The van der Waals surface area contributed by atoms with Gasteiger partial charge < -0.3 is 19.7 Å². The number of nitrogens with one attached hydrogen (secondary N) is 2. The summed E-state index contributed by atoms with van der Waals surface area (Å²) in [6.07, 6.45) is -4.37. The zero-order valence-electron chi connectivity index (χ0n) is 18.0. The maximum atomic E-state index is 13.4. The Morgan fingerprint density at radius 2 is 1.76 bits per heavy atom. The smallest absolute Gasteiger partial charge is 0.418 e. The third-order valence-electron chi connectivity index (χ3n) is 4.77. The summed E-state index contributed by atoms with van der Waals surface area (Å²) in [7, 11) is -0.771. The summed E-state index contributed by atoms with van der Waals surface area (Å²) >= 11 is 0. The van der Waals surface area contributed by atoms with Crippen LogP contribution in [0.2, 0.25) is 0 Å². The average Bonchev–Trinajstić information content (AvgIpc) is 2.97. The molecule has 0 aliphatic carbocycles. The molecule has 180 valence electrons. The van der Waals surface area contributed by atoms with Crippen LogP contribution < -0.4 is 24.4 Å². The number of amides is 1. The monoisotopic (exact) mass is 487 g/mol. The van der Waals surface area contributed by atoms with Crippen LogP contribution in [0.1, 0.15) is 18.4 Å². The average molecular weight is 488 g/mol. The van der Waals surface area contributed by atoms with Crippen molar-refractivity contribution in [3.63, 3.8) is 0 Å². The van der Waals surface area contributed by atoms with Crippen LogP contribution in [-0.2, 0) is 21.0 Å². The number of fused-ring (bicyclic) bond motifs is 1. The fourth-order valence-corrected chi connectivity index (χ4v) is 4.11. The van der Waals surface area contributed by atoms with Gasteiger partial charge in [-0.05, 0) is 30.3 Å². The molecule has 1 aliphatic heterocycles. The number of sulfonamides is 1. The maximum absolute atomic E-state index is 13.4. The van der Waals surface area contributed by atoms with E-state index in [1.165, 1.54) is 29.2 Å². The van der Waals surface area contributed by atoms with Gasteiger partial charge in [-0.15, -0.1) is 0 Å². The van der Waals surface area contributed by atoms with Gasteiger partial charge in [0.15, 0.2) is 11.5 Å². The van der Waals surface area contributed by atoms with E-state index in [2.05, 4.69) is 10.0 Å². The van der Waals surface area contributed by atoms with E-state index in [-0.39, 0.29) is 17.9 Å². The lowest BCUT2D eigenvalue weighted by Crippen LogP contribution is -2.28. The van der Waals surface area contributed by atoms with Crippen molar-refractivity contribution in [2.75, 3.05) is 44.1 Å². The molecule has 1 heterocycles. The highest BCUT2D eigenvalue weighted by Gasteiger charge is 2.34. The highest BCUT2D eigenvalue weighted by molar-refractivity contribution is 7.89. The Labute approximate surface area is 189 Å². The Bertz CT molecular complexity index is 1120. The lowest BCUT2D eigenvalue weighted by atomic mass is 10.1. The standard InChI is InChI=1S/C21H24F3N3O5S/c1-27(2)14-4-6-17(16(12-14)21(22,23)24)26-20(28)8-9-25-33(29,30)15-5-7-18-19(13-15)32-11-3-10-31-18/h4-7,12-13,25H,3,8-11H2,1-2H3,(H,26,28). The fourth-order valence-electron chi connectivity index (χ4n) is 3.06. The van der Waals surface area contributed by atoms with E-state index in [1.54, 1.807) is 14.1 Å². The summed E-state index contributed by atoms with van der Waals surface area (Å²) in [5.74, 6) is -0.0278. The molecule has 2 N–H and O–H groups in total. The third-order valence-corrected chi connectivity index (χ3v) is 6.23. The molecule has 0 radical (unpaired) electrons. The van der Waals surface area contributed by atoms with E-state index in [9.17, 15) is 26.4 Å². The number of nitrogens with zero attached hydrogens (tertiary/aromatic N) is 1. The molecule has 2 aromatic rings. The van der Waals surface area contributed by atoms with Crippen LogP contribution in [0.3, 0.4) is 0 Å². The van der Waals surface area contributed by atoms with Crippen molar-refractivity contribution in [1.29, 1.82) is 0 Å². The van der Waals surface area contributed by atoms with Gasteiger partial charge in [0.2, 0.25) is 15.9 Å². The summed E-state index contributed by atoms with van der Waals surface area (Å²) < 4.78 is 78.5. The molecule has 0 atom stereocenters. The molecule has 0 aromatic heterocycles. The highest BCUT2D eigenvalue weighted by atomic mass is 32.2. The molecule has 3 rings (SSSR count). The second-order valence-electron chi connectivity index (χ2n) is 7.48. The number of ether oxygens (including phenoxy) is 2. The van der Waals surface area contributed by atoms with Crippen LogP contribution in [0, 0.1) is 0 Å². The number of hydrogen-bond acceptors (Lipinski definition) is 6. The van der Waals surface area contributed by atoms with Crippen LogP contribution in [0.15, 0.2) is 41.3 Å². The van der Waals surface area contributed by atoms with E-state index in [4.69, 9.17) is 9.47 Å². The van der Waals surface area contributed by atoms with Crippen molar-refractivity contribution in [2.45, 2.75) is 23.9 Å². The first-order valence-electron chi connectivity index (χ1n) is 10.0. The van der Waals surface area contributed by atoms with Gasteiger partial charge in [0.1, 0.15) is 0 Å². The Morgan fingerprint density at radius 1 is 1.06 bits per heavy atom. The van der Waals surface area contributed by atoms with E-state index in [0.29, 0.717) is 36.8 Å². The van der Waals surface area contributed by atoms with Crippen molar-refractivity contribution in [3.8, 4) is 11.5 Å². The SMILES string of the molecule is CN(C)c1ccc(NC(=O)CCNS(=O)(=O)c2ccc3c(c2)OCCCO3)c(C(F)(F)F)c1. The van der Waals surface area contributed by atoms with Crippen LogP contribution in [0.25, 0.3) is 0 Å². The van der Waals surface area contributed by atoms with E-state index in [1.807, 2.05) is 0 Å². The number of carbonyl (C=O) groups is 1. The molecule has 0 fully saturated rings. The predicted octanol–water partition coefficient (Wildman–Crippen LogP) is 3.24. The molecule has 1 aliphatic rings. The topological polar surface area (TPSA) is 97.0 Å². The quantitative estimate of drug-likeness (QED) is 0.623. The van der Waals surface area contributed by atoms with Crippen molar-refractivity contribution in [3.05, 3.63) is 42.0 Å². The number of halogens is 3. The van der Waals surface area contributed by atoms with Crippen molar-refractivity contribution in [1.82, 2.24) is 4.72 Å². The van der Waals surface area contributed by atoms with Gasteiger partial charge in [0.25, 0.3) is 0 Å². The van der Waals surface area contributed by atoms with Crippen LogP contribution in [0.4, 0.5) is 24.5 Å². The van der Waals surface area contributed by atoms with Gasteiger partial charge in [-0.2, -0.15) is 13.2 Å². The fraction of sp³-hybridized carbons (Fsp3) is 0.381. The molecule has 2 aromatic carbocycles. The number of benzene rings is 2. The van der Waals surface area contributed by atoms with Gasteiger partial charge in [0, 0.05) is 45.2 Å². The van der Waals surface area contributed by atoms with Gasteiger partial charge in [-0.25, -0.2) is 13.1 Å². The molecular weight excluding hydrogens is 463 g/mol. The van der Waals surface area contributed by atoms with Gasteiger partial charge >= 0.3 is 6.18 Å². The first-order valence-corrected chi connectivity index (χ1v) is 11.5. The van der Waals surface area contributed by atoms with E-state index < -0.39 is 33.4 Å². The molecule has 1 amide bonds. The molecule has 33 heavy (non-hydrogen) atoms. The van der Waals surface area contributed by atoms with Crippen molar-refractivity contribution in [2.24, 2.45) is 0 Å². The van der Waals surface area contributed by atoms with Gasteiger partial charge in [-0.1, -0.05) is 0 Å². The molecule has 12 heteroatoms. The zero-order chi connectivity index (χ0) is 24.2. The van der Waals surface area contributed by atoms with E-state index >= 15 is 0 Å². The molecule has 0 spiro atoms. The molecule has 8 nitrogen and oxygen atoms in total. The molecule has 0 bridgehead atoms. The number of alkyl halides is 3. The Hall–Kier alpha value is -2.99. The Kier molecular flexibility index (Phi) is 7.38. The minimum Gasteiger partial charge on any atom is -0.490 e. The number of carbonyl (C=O) groups excluding carboxylic acids is 1. The highest BCUT2D eigenvalue weighted by Crippen LogP contribution is 2.37. The predicted molar refractivity (Wildman–Crippen MR) is 116 cm³/mol. The molecular formula is C21H24F3N3O5S. The lowest BCUT2D eigenvalue weighted by molar-refractivity contribution is -0.136. The van der Waals surface area contributed by atoms with Gasteiger partial charge in [-0.3, -0.25) is 4.79 Å². The van der Waals surface area contributed by atoms with Crippen molar-refractivity contribution < 1.29 is 35.9 Å². The first kappa shape index (κ1) is 24.6. The minimum absolute atomic E-state index is 0.0780. The second kappa shape index (κ2) is 9.87. The summed E-state index contributed by atoms with van der Waals surface area (Å²) in [5.41, 5.74) is -1.07. The third kappa shape index (κ3) is 6.29. The normalized spacial score (nSPS) is 13.8. The number of hydrogen-bond donors (Lipinski definition) is 2. The van der Waals surface area contributed by atoms with Gasteiger partial charge in [0.05, 0.1) is 29.4 Å². The first-order chi connectivity index (χ1) is 15.5. The van der Waals surface area contributed by atoms with E-state index in [0.717, 1.165) is 12.1 Å². The van der Waals surface area contributed by atoms with Crippen LogP contribution in [0.5, 0.6) is 11.5 Å². The summed E-state index contributed by atoms with van der Waals surface area (Å²) in [6.45, 7) is 0.541. The Morgan fingerprint density at radius 3 is 2.42 bits per heavy atom. The Balaban J connectivity index is 1.63. The van der Waals surface area contributed by atoms with Crippen molar-refractivity contribution >= 4 is 27.3 Å². The summed E-state index contributed by atoms with van der Waals surface area (Å²) in [5, 5.41) is 2.21. The summed E-state index contributed by atoms with van der Waals surface area (Å²) in [6, 6.07) is 7.69. The van der Waals surface area contributed by atoms with Crippen LogP contribution >= 0.6 is 0 Å². The van der Waals surface area contributed by atoms with Crippen LogP contribution in [-0.4, -0.2) is 48.2 Å². The minimum atomic E-state index is -4.67. The lowest BCUT2D eigenvalue weighted by Gasteiger charge is -2.18.